The van der Waals surface area contributed by atoms with Gasteiger partial charge in [-0.3, -0.25) is 4.55 Å². The smallest absolute Gasteiger partial charge is 0.396 e. The van der Waals surface area contributed by atoms with Gasteiger partial charge >= 0.3 is 10.4 Å². The average Bonchev–Trinajstić information content (AvgIpc) is 3.22. The van der Waals surface area contributed by atoms with E-state index in [-0.39, 0.29) is 31.5 Å². The molecule has 0 aromatic heterocycles. The van der Waals surface area contributed by atoms with Gasteiger partial charge in [0.2, 0.25) is 0 Å². The molecule has 7 N–H and O–H groups in total. The normalized spacial score (nSPS) is 46.8. The van der Waals surface area contributed by atoms with E-state index in [0.717, 1.165) is 6.42 Å². The molecule has 13 nitrogen and oxygen atoms in total. The molecule has 1 heterocycles. The van der Waals surface area contributed by atoms with Gasteiger partial charge in [0.15, 0.2) is 6.29 Å². The Balaban J connectivity index is 1.44. The lowest BCUT2D eigenvalue weighted by molar-refractivity contribution is -0.285. The first-order valence-electron chi connectivity index (χ1n) is 18.1. The first kappa shape index (κ1) is 39.5. The van der Waals surface area contributed by atoms with E-state index in [0.29, 0.717) is 50.0 Å². The number of aliphatic hydroxyl groups is 6. The monoisotopic (exact) mass is 720 g/mol. The van der Waals surface area contributed by atoms with Crippen LogP contribution in [-0.4, -0.2) is 119 Å². The highest BCUT2D eigenvalue weighted by atomic mass is 32.3. The van der Waals surface area contributed by atoms with Crippen LogP contribution in [0.3, 0.4) is 0 Å². The summed E-state index contributed by atoms with van der Waals surface area (Å²) in [6, 6.07) is 0. The SMILES string of the molecule is CO[C@H]1[C@H](O[C@@H]2C=C3[C@H](O)C[C@]4(O)C(CC[C@@]5(C)C4[C@@H](OS(=O)(=O)O)[C@H](O)[C@@H]5[C@H](C)CC[C@H](CCO)C(C)C)[C@@]3(C)CC2)OC[C@@H](O)[C@@H]1O. The van der Waals surface area contributed by atoms with Crippen LogP contribution in [0.4, 0.5) is 0 Å². The fraction of sp³-hybridized carbons (Fsp3) is 0.943. The molecular weight excluding hydrogens is 660 g/mol. The summed E-state index contributed by atoms with van der Waals surface area (Å²) in [7, 11) is -3.61. The number of hydrogen-bond acceptors (Lipinski definition) is 12. The lowest BCUT2D eigenvalue weighted by Crippen LogP contribution is -2.66. The van der Waals surface area contributed by atoms with Gasteiger partial charge in [-0.1, -0.05) is 47.1 Å². The Morgan fingerprint density at radius 2 is 1.69 bits per heavy atom. The van der Waals surface area contributed by atoms with E-state index < -0.39 is 93.6 Å². The molecule has 16 atom stereocenters. The lowest BCUT2D eigenvalue weighted by atomic mass is 9.43. The van der Waals surface area contributed by atoms with Crippen molar-refractivity contribution in [1.82, 2.24) is 0 Å². The minimum Gasteiger partial charge on any atom is -0.396 e. The molecule has 3 saturated carbocycles. The molecule has 5 rings (SSSR count). The molecule has 284 valence electrons. The molecule has 0 aromatic carbocycles. The maximum Gasteiger partial charge on any atom is 0.397 e. The Morgan fingerprint density at radius 1 is 1.00 bits per heavy atom. The second kappa shape index (κ2) is 14.6. The number of ether oxygens (including phenoxy) is 3. The fourth-order valence-electron chi connectivity index (χ4n) is 11.2. The molecule has 0 bridgehead atoms. The molecule has 49 heavy (non-hydrogen) atoms. The molecule has 14 heteroatoms. The fourth-order valence-corrected chi connectivity index (χ4v) is 11.8. The second-order valence-corrected chi connectivity index (χ2v) is 17.6. The zero-order chi connectivity index (χ0) is 36.3. The minimum atomic E-state index is -5.01. The summed E-state index contributed by atoms with van der Waals surface area (Å²) in [5.74, 6) is -1.26. The molecule has 1 saturated heterocycles. The van der Waals surface area contributed by atoms with Crippen LogP contribution in [-0.2, 0) is 28.8 Å². The Hall–Kier alpha value is -0.750. The predicted molar refractivity (Wildman–Crippen MR) is 177 cm³/mol. The highest BCUT2D eigenvalue weighted by Crippen LogP contribution is 2.70. The van der Waals surface area contributed by atoms with Gasteiger partial charge in [0.25, 0.3) is 0 Å². The van der Waals surface area contributed by atoms with E-state index in [1.165, 1.54) is 7.11 Å². The standard InChI is InChI=1S/C35H60O13S/c1-18(2)20(11-14-36)8-7-19(3)26-28(40)29(48-49(42,43)44)31-34(26,5)13-10-25-33(4)12-9-21(15-22(33)23(37)16-35(25,31)41)47-32-30(45-6)27(39)24(38)17-46-32/h15,18-21,23-32,36-41H,7-14,16-17H2,1-6H3,(H,42,43,44)/t19-,20-,21+,23-,24-,25?,26+,27+,28-,29+,30-,31?,32+,33+,34-,35+/m1/s1. The van der Waals surface area contributed by atoms with Gasteiger partial charge in [-0.2, -0.15) is 8.42 Å². The minimum absolute atomic E-state index is 0.0848. The summed E-state index contributed by atoms with van der Waals surface area (Å²) in [6.45, 7) is 10.2. The quantitative estimate of drug-likeness (QED) is 0.114. The number of fused-ring (bicyclic) bond motifs is 5. The van der Waals surface area contributed by atoms with E-state index >= 15 is 0 Å². The van der Waals surface area contributed by atoms with Crippen molar-refractivity contribution in [3.63, 3.8) is 0 Å². The first-order chi connectivity index (χ1) is 22.8. The van der Waals surface area contributed by atoms with E-state index in [9.17, 15) is 43.6 Å². The van der Waals surface area contributed by atoms with E-state index in [1.807, 2.05) is 26.8 Å². The average molecular weight is 721 g/mol. The zero-order valence-corrected chi connectivity index (χ0v) is 30.5. The van der Waals surface area contributed by atoms with Gasteiger partial charge in [0.05, 0.1) is 30.5 Å². The van der Waals surface area contributed by atoms with Crippen LogP contribution in [0.25, 0.3) is 0 Å². The van der Waals surface area contributed by atoms with Crippen LogP contribution in [0.2, 0.25) is 0 Å². The molecule has 5 aliphatic rings. The van der Waals surface area contributed by atoms with Crippen LogP contribution >= 0.6 is 0 Å². The van der Waals surface area contributed by atoms with Crippen LogP contribution in [0.15, 0.2) is 11.6 Å². The molecule has 1 aliphatic heterocycles. The van der Waals surface area contributed by atoms with Crippen LogP contribution in [0.1, 0.15) is 86.0 Å². The van der Waals surface area contributed by atoms with Gasteiger partial charge in [-0.05, 0) is 84.5 Å². The lowest BCUT2D eigenvalue weighted by Gasteiger charge is -2.64. The van der Waals surface area contributed by atoms with Crippen molar-refractivity contribution in [2.45, 2.75) is 141 Å². The molecule has 0 spiro atoms. The maximum absolute atomic E-state index is 12.9. The third kappa shape index (κ3) is 7.16. The van der Waals surface area contributed by atoms with Crippen molar-refractivity contribution >= 4 is 10.4 Å². The predicted octanol–water partition coefficient (Wildman–Crippen LogP) is 1.97. The molecule has 0 radical (unpaired) electrons. The number of aliphatic hydroxyl groups excluding tert-OH is 5. The Morgan fingerprint density at radius 3 is 2.31 bits per heavy atom. The van der Waals surface area contributed by atoms with Gasteiger partial charge in [-0.15, -0.1) is 0 Å². The third-order valence-corrected chi connectivity index (χ3v) is 14.0. The van der Waals surface area contributed by atoms with Gasteiger partial charge in [0, 0.05) is 26.1 Å². The number of hydrogen-bond donors (Lipinski definition) is 7. The van der Waals surface area contributed by atoms with Crippen molar-refractivity contribution < 1.29 is 62.0 Å². The molecule has 0 amide bonds. The molecule has 4 fully saturated rings. The van der Waals surface area contributed by atoms with Crippen LogP contribution in [0, 0.1) is 46.3 Å². The summed E-state index contributed by atoms with van der Waals surface area (Å²) in [5.41, 5.74) is -2.42. The molecule has 0 aromatic rings. The summed E-state index contributed by atoms with van der Waals surface area (Å²) in [5, 5.41) is 66.6. The first-order valence-corrected chi connectivity index (χ1v) is 19.4. The Labute approximate surface area is 290 Å². The largest absolute Gasteiger partial charge is 0.397 e. The Kier molecular flexibility index (Phi) is 11.7. The van der Waals surface area contributed by atoms with Crippen molar-refractivity contribution in [2.75, 3.05) is 20.3 Å². The summed E-state index contributed by atoms with van der Waals surface area (Å²) < 4.78 is 56.9. The van der Waals surface area contributed by atoms with Crippen molar-refractivity contribution in [2.24, 2.45) is 46.3 Å². The topological polar surface area (TPSA) is 213 Å². The molecule has 2 unspecified atom stereocenters. The molecular formula is C35H60O13S. The highest BCUT2D eigenvalue weighted by molar-refractivity contribution is 7.80. The van der Waals surface area contributed by atoms with Gasteiger partial charge in [-0.25, -0.2) is 4.18 Å². The number of methoxy groups -OCH3 is 1. The van der Waals surface area contributed by atoms with E-state index in [4.69, 9.17) is 18.4 Å². The molecule has 4 aliphatic carbocycles. The number of rotatable bonds is 12. The van der Waals surface area contributed by atoms with Gasteiger partial charge < -0.3 is 44.8 Å². The summed E-state index contributed by atoms with van der Waals surface area (Å²) >= 11 is 0. The van der Waals surface area contributed by atoms with E-state index in [2.05, 4.69) is 13.8 Å². The van der Waals surface area contributed by atoms with Crippen LogP contribution in [0.5, 0.6) is 0 Å². The maximum atomic E-state index is 12.9. The van der Waals surface area contributed by atoms with Crippen LogP contribution < -0.4 is 0 Å². The summed E-state index contributed by atoms with van der Waals surface area (Å²) in [4.78, 5) is 0. The van der Waals surface area contributed by atoms with Crippen molar-refractivity contribution in [3.8, 4) is 0 Å². The zero-order valence-electron chi connectivity index (χ0n) is 29.7. The summed E-state index contributed by atoms with van der Waals surface area (Å²) in [6.07, 6.45) is -2.45. The Bertz CT molecular complexity index is 1290. The second-order valence-electron chi connectivity index (χ2n) is 16.6. The third-order valence-electron chi connectivity index (χ3n) is 13.5. The highest BCUT2D eigenvalue weighted by Gasteiger charge is 2.73. The van der Waals surface area contributed by atoms with Crippen molar-refractivity contribution in [3.05, 3.63) is 11.6 Å². The van der Waals surface area contributed by atoms with Crippen molar-refractivity contribution in [1.29, 1.82) is 0 Å². The van der Waals surface area contributed by atoms with Gasteiger partial charge in [0.1, 0.15) is 24.4 Å². The van der Waals surface area contributed by atoms with E-state index in [1.54, 1.807) is 0 Å².